The first-order valence-electron chi connectivity index (χ1n) is 7.01. The summed E-state index contributed by atoms with van der Waals surface area (Å²) in [6.07, 6.45) is 2.91. The molecular formula is C14H22N2O4. The van der Waals surface area contributed by atoms with Gasteiger partial charge in [-0.1, -0.05) is 19.0 Å². The Morgan fingerprint density at radius 2 is 2.30 bits per heavy atom. The summed E-state index contributed by atoms with van der Waals surface area (Å²) in [6.45, 7) is 3.98. The van der Waals surface area contributed by atoms with E-state index in [2.05, 4.69) is 24.3 Å². The van der Waals surface area contributed by atoms with Gasteiger partial charge in [0.05, 0.1) is 6.10 Å². The van der Waals surface area contributed by atoms with Crippen LogP contribution in [0, 0.1) is 5.41 Å². The molecule has 0 aliphatic heterocycles. The van der Waals surface area contributed by atoms with Gasteiger partial charge in [0.15, 0.2) is 11.5 Å². The van der Waals surface area contributed by atoms with E-state index in [1.54, 1.807) is 7.11 Å². The second-order valence-electron chi connectivity index (χ2n) is 5.26. The highest BCUT2D eigenvalue weighted by Crippen LogP contribution is 2.48. The number of nitrogens with zero attached hydrogens (tertiary/aromatic N) is 1. The van der Waals surface area contributed by atoms with Crippen LogP contribution in [0.5, 0.6) is 0 Å². The fraction of sp³-hybridized carbons (Fsp3) is 0.714. The van der Waals surface area contributed by atoms with Crippen LogP contribution in [-0.4, -0.2) is 35.4 Å². The molecule has 1 aromatic heterocycles. The lowest BCUT2D eigenvalue weighted by molar-refractivity contribution is -0.120. The topological polar surface area (TPSA) is 84.6 Å². The Bertz CT molecular complexity index is 467. The number of amides is 1. The van der Waals surface area contributed by atoms with E-state index in [0.717, 1.165) is 19.3 Å². The summed E-state index contributed by atoms with van der Waals surface area (Å²) < 4.78 is 10.3. The van der Waals surface area contributed by atoms with E-state index in [1.165, 1.54) is 6.07 Å². The van der Waals surface area contributed by atoms with Crippen molar-refractivity contribution >= 4 is 5.91 Å². The van der Waals surface area contributed by atoms with Crippen molar-refractivity contribution in [3.8, 4) is 0 Å². The standard InChI is InChI=1S/C14H22N2O4/c1-4-14(5-2)11(7-12(14)19-3)15-13(18)10-6-9(8-17)20-16-10/h6,11-12,17H,4-5,7-8H2,1-3H3,(H,15,18). The first-order valence-corrected chi connectivity index (χ1v) is 7.01. The lowest BCUT2D eigenvalue weighted by Crippen LogP contribution is -2.64. The molecule has 0 bridgehead atoms. The maximum atomic E-state index is 12.1. The monoisotopic (exact) mass is 282 g/mol. The van der Waals surface area contributed by atoms with Gasteiger partial charge >= 0.3 is 0 Å². The average molecular weight is 282 g/mol. The fourth-order valence-electron chi connectivity index (χ4n) is 3.21. The molecule has 1 amide bonds. The molecule has 1 heterocycles. The van der Waals surface area contributed by atoms with Crippen molar-refractivity contribution in [2.24, 2.45) is 5.41 Å². The second-order valence-corrected chi connectivity index (χ2v) is 5.26. The smallest absolute Gasteiger partial charge is 0.273 e. The van der Waals surface area contributed by atoms with Crippen molar-refractivity contribution in [1.82, 2.24) is 10.5 Å². The van der Waals surface area contributed by atoms with Crippen LogP contribution in [0.15, 0.2) is 10.6 Å². The van der Waals surface area contributed by atoms with Gasteiger partial charge in [0.2, 0.25) is 0 Å². The number of rotatable bonds is 6. The predicted molar refractivity (Wildman–Crippen MR) is 72.1 cm³/mol. The number of hydrogen-bond donors (Lipinski definition) is 2. The summed E-state index contributed by atoms with van der Waals surface area (Å²) in [5, 5.41) is 15.6. The summed E-state index contributed by atoms with van der Waals surface area (Å²) in [5.41, 5.74) is 0.199. The maximum Gasteiger partial charge on any atom is 0.273 e. The van der Waals surface area contributed by atoms with Crippen molar-refractivity contribution in [3.05, 3.63) is 17.5 Å². The third kappa shape index (κ3) is 2.33. The van der Waals surface area contributed by atoms with Gasteiger partial charge < -0.3 is 19.7 Å². The van der Waals surface area contributed by atoms with E-state index in [4.69, 9.17) is 14.4 Å². The van der Waals surface area contributed by atoms with Gasteiger partial charge in [-0.15, -0.1) is 0 Å². The van der Waals surface area contributed by atoms with Gasteiger partial charge in [-0.2, -0.15) is 0 Å². The predicted octanol–water partition coefficient (Wildman–Crippen LogP) is 1.49. The van der Waals surface area contributed by atoms with Crippen molar-refractivity contribution < 1.29 is 19.2 Å². The van der Waals surface area contributed by atoms with Crippen LogP contribution in [0.1, 0.15) is 49.4 Å². The molecule has 1 fully saturated rings. The normalized spacial score (nSPS) is 24.2. The number of aliphatic hydroxyl groups excluding tert-OH is 1. The molecule has 2 rings (SSSR count). The Morgan fingerprint density at radius 3 is 2.80 bits per heavy atom. The van der Waals surface area contributed by atoms with E-state index in [1.807, 2.05) is 0 Å². The summed E-state index contributed by atoms with van der Waals surface area (Å²) >= 11 is 0. The van der Waals surface area contributed by atoms with E-state index in [9.17, 15) is 4.79 Å². The minimum Gasteiger partial charge on any atom is -0.388 e. The van der Waals surface area contributed by atoms with Crippen LogP contribution in [0.4, 0.5) is 0 Å². The molecule has 2 unspecified atom stereocenters. The summed E-state index contributed by atoms with van der Waals surface area (Å²) in [6, 6.07) is 1.55. The molecule has 0 radical (unpaired) electrons. The van der Waals surface area contributed by atoms with Crippen LogP contribution < -0.4 is 5.32 Å². The Kier molecular flexibility index (Phi) is 4.45. The number of nitrogens with one attached hydrogen (secondary N) is 1. The van der Waals surface area contributed by atoms with Crippen molar-refractivity contribution in [3.63, 3.8) is 0 Å². The minimum absolute atomic E-state index is 0.00600. The maximum absolute atomic E-state index is 12.1. The van der Waals surface area contributed by atoms with Crippen LogP contribution in [0.3, 0.4) is 0 Å². The zero-order valence-electron chi connectivity index (χ0n) is 12.2. The first kappa shape index (κ1) is 15.0. The molecule has 1 aromatic rings. The van der Waals surface area contributed by atoms with Crippen LogP contribution in [0.25, 0.3) is 0 Å². The third-order valence-electron chi connectivity index (χ3n) is 4.64. The average Bonchev–Trinajstić information content (AvgIpc) is 2.93. The molecule has 2 N–H and O–H groups in total. The number of aliphatic hydroxyl groups is 1. The Morgan fingerprint density at radius 1 is 1.60 bits per heavy atom. The molecule has 2 atom stereocenters. The van der Waals surface area contributed by atoms with Gasteiger partial charge in [0.1, 0.15) is 6.61 Å². The van der Waals surface area contributed by atoms with Gasteiger partial charge in [-0.25, -0.2) is 0 Å². The number of ether oxygens (including phenoxy) is 1. The van der Waals surface area contributed by atoms with Crippen molar-refractivity contribution in [2.75, 3.05) is 7.11 Å². The zero-order valence-corrected chi connectivity index (χ0v) is 12.2. The lowest BCUT2D eigenvalue weighted by atomic mass is 9.58. The molecule has 6 heteroatoms. The molecule has 1 saturated carbocycles. The molecule has 6 nitrogen and oxygen atoms in total. The lowest BCUT2D eigenvalue weighted by Gasteiger charge is -2.55. The first-order chi connectivity index (χ1) is 9.61. The van der Waals surface area contributed by atoms with Crippen molar-refractivity contribution in [1.29, 1.82) is 0 Å². The van der Waals surface area contributed by atoms with E-state index in [0.29, 0.717) is 0 Å². The van der Waals surface area contributed by atoms with Crippen LogP contribution in [0.2, 0.25) is 0 Å². The summed E-state index contributed by atoms with van der Waals surface area (Å²) in [4.78, 5) is 12.1. The highest BCUT2D eigenvalue weighted by Gasteiger charge is 2.53. The molecule has 20 heavy (non-hydrogen) atoms. The Hall–Kier alpha value is -1.40. The van der Waals surface area contributed by atoms with Crippen LogP contribution in [-0.2, 0) is 11.3 Å². The number of carbonyl (C=O) groups excluding carboxylic acids is 1. The SMILES string of the molecule is CCC1(CC)C(NC(=O)c2cc(CO)on2)CC1OC. The summed E-state index contributed by atoms with van der Waals surface area (Å²) in [5.74, 6) is 0.0232. The van der Waals surface area contributed by atoms with Gasteiger partial charge in [-0.3, -0.25) is 4.79 Å². The fourth-order valence-corrected chi connectivity index (χ4v) is 3.21. The number of carbonyl (C=O) groups is 1. The van der Waals surface area contributed by atoms with Crippen LogP contribution >= 0.6 is 0 Å². The van der Waals surface area contributed by atoms with E-state index < -0.39 is 0 Å². The highest BCUT2D eigenvalue weighted by molar-refractivity contribution is 5.92. The Labute approximate surface area is 118 Å². The highest BCUT2D eigenvalue weighted by atomic mass is 16.5. The largest absolute Gasteiger partial charge is 0.388 e. The number of aromatic nitrogens is 1. The van der Waals surface area contributed by atoms with Gasteiger partial charge in [-0.05, 0) is 19.3 Å². The third-order valence-corrected chi connectivity index (χ3v) is 4.64. The molecular weight excluding hydrogens is 260 g/mol. The molecule has 0 aromatic carbocycles. The quantitative estimate of drug-likeness (QED) is 0.825. The Balaban J connectivity index is 2.04. The van der Waals surface area contributed by atoms with E-state index in [-0.39, 0.29) is 41.5 Å². The van der Waals surface area contributed by atoms with Gasteiger partial charge in [0.25, 0.3) is 5.91 Å². The van der Waals surface area contributed by atoms with E-state index >= 15 is 0 Å². The van der Waals surface area contributed by atoms with Crippen molar-refractivity contribution in [2.45, 2.75) is 51.9 Å². The second kappa shape index (κ2) is 5.93. The summed E-state index contributed by atoms with van der Waals surface area (Å²) in [7, 11) is 1.72. The van der Waals surface area contributed by atoms with Gasteiger partial charge in [0, 0.05) is 24.6 Å². The zero-order chi connectivity index (χ0) is 14.8. The molecule has 0 saturated heterocycles. The molecule has 0 spiro atoms. The number of methoxy groups -OCH3 is 1. The number of hydrogen-bond acceptors (Lipinski definition) is 5. The molecule has 1 aliphatic rings. The molecule has 1 aliphatic carbocycles. The molecule has 112 valence electrons. The minimum atomic E-state index is -0.265.